The van der Waals surface area contributed by atoms with Crippen LogP contribution in [-0.4, -0.2) is 23.3 Å². The summed E-state index contributed by atoms with van der Waals surface area (Å²) >= 11 is 0. The van der Waals surface area contributed by atoms with Crippen molar-refractivity contribution in [1.29, 1.82) is 0 Å². The van der Waals surface area contributed by atoms with Crippen LogP contribution in [0.5, 0.6) is 0 Å². The van der Waals surface area contributed by atoms with E-state index in [4.69, 9.17) is 0 Å². The highest BCUT2D eigenvalue weighted by molar-refractivity contribution is 6.03. The Hall–Kier alpha value is -4.07. The number of halogens is 1. The zero-order valence-corrected chi connectivity index (χ0v) is 17.0. The maximum Gasteiger partial charge on any atom is 0.306 e. The number of nitrogens with zero attached hydrogens (tertiary/aromatic N) is 2. The Balaban J connectivity index is 1.48. The molecule has 0 aromatic heterocycles. The van der Waals surface area contributed by atoms with Crippen molar-refractivity contribution < 1.29 is 18.9 Å². The molecule has 0 saturated carbocycles. The standard InChI is InChI=1S/C24H20FN3O4/c25-20-11-10-19(14-22(20)28(31)32)27-15-18(13-23(27)29)24(30)26-21-9-5-4-8-17(21)12-16-6-2-1-3-7-16/h1-11,14,18H,12-13,15H2,(H,26,30). The number of hydrogen-bond donors (Lipinski definition) is 1. The van der Waals surface area contributed by atoms with Gasteiger partial charge in [-0.3, -0.25) is 19.7 Å². The number of nitro groups is 1. The van der Waals surface area contributed by atoms with Crippen LogP contribution in [0.1, 0.15) is 17.5 Å². The molecule has 7 nitrogen and oxygen atoms in total. The maximum absolute atomic E-state index is 13.6. The zero-order chi connectivity index (χ0) is 22.7. The molecule has 32 heavy (non-hydrogen) atoms. The lowest BCUT2D eigenvalue weighted by molar-refractivity contribution is -0.387. The van der Waals surface area contributed by atoms with E-state index in [1.807, 2.05) is 54.6 Å². The number of carbonyl (C=O) groups is 2. The summed E-state index contributed by atoms with van der Waals surface area (Å²) in [5.74, 6) is -2.26. The van der Waals surface area contributed by atoms with Gasteiger partial charge in [0.25, 0.3) is 0 Å². The van der Waals surface area contributed by atoms with Crippen molar-refractivity contribution in [3.8, 4) is 0 Å². The van der Waals surface area contributed by atoms with Gasteiger partial charge in [0, 0.05) is 24.7 Å². The Morgan fingerprint density at radius 3 is 2.56 bits per heavy atom. The monoisotopic (exact) mass is 433 g/mol. The summed E-state index contributed by atoms with van der Waals surface area (Å²) in [5.41, 5.74) is 2.21. The number of hydrogen-bond acceptors (Lipinski definition) is 4. The Labute approximate surface area is 183 Å². The van der Waals surface area contributed by atoms with Crippen LogP contribution in [0.2, 0.25) is 0 Å². The Bertz CT molecular complexity index is 1180. The Morgan fingerprint density at radius 2 is 1.81 bits per heavy atom. The van der Waals surface area contributed by atoms with Gasteiger partial charge in [-0.25, -0.2) is 0 Å². The van der Waals surface area contributed by atoms with Crippen molar-refractivity contribution >= 4 is 28.9 Å². The van der Waals surface area contributed by atoms with Crippen LogP contribution < -0.4 is 10.2 Å². The average molecular weight is 433 g/mol. The molecule has 0 bridgehead atoms. The highest BCUT2D eigenvalue weighted by Crippen LogP contribution is 2.30. The molecule has 2 amide bonds. The van der Waals surface area contributed by atoms with Crippen molar-refractivity contribution in [2.75, 3.05) is 16.8 Å². The molecule has 3 aromatic carbocycles. The number of anilines is 2. The number of rotatable bonds is 6. The molecule has 1 heterocycles. The third-order valence-corrected chi connectivity index (χ3v) is 5.45. The molecule has 8 heteroatoms. The van der Waals surface area contributed by atoms with Crippen LogP contribution in [0.4, 0.5) is 21.5 Å². The summed E-state index contributed by atoms with van der Waals surface area (Å²) < 4.78 is 13.6. The molecule has 1 atom stereocenters. The third kappa shape index (κ3) is 4.49. The van der Waals surface area contributed by atoms with Crippen LogP contribution in [0.3, 0.4) is 0 Å². The van der Waals surface area contributed by atoms with Gasteiger partial charge in [0.15, 0.2) is 0 Å². The van der Waals surface area contributed by atoms with Crippen molar-refractivity contribution in [3.63, 3.8) is 0 Å². The van der Waals surface area contributed by atoms with Gasteiger partial charge in [-0.05, 0) is 35.7 Å². The fraction of sp³-hybridized carbons (Fsp3) is 0.167. The zero-order valence-electron chi connectivity index (χ0n) is 17.0. The maximum atomic E-state index is 13.6. The van der Waals surface area contributed by atoms with E-state index in [0.29, 0.717) is 12.1 Å². The molecule has 1 saturated heterocycles. The summed E-state index contributed by atoms with van der Waals surface area (Å²) in [5, 5.41) is 13.9. The van der Waals surface area contributed by atoms with Crippen molar-refractivity contribution in [3.05, 3.63) is 99.9 Å². The lowest BCUT2D eigenvalue weighted by atomic mass is 10.0. The molecule has 0 spiro atoms. The normalized spacial score (nSPS) is 15.6. The first kappa shape index (κ1) is 21.2. The van der Waals surface area contributed by atoms with Gasteiger partial charge in [0.2, 0.25) is 17.6 Å². The highest BCUT2D eigenvalue weighted by atomic mass is 19.1. The van der Waals surface area contributed by atoms with Gasteiger partial charge in [0.1, 0.15) is 0 Å². The first-order valence-electron chi connectivity index (χ1n) is 10.1. The first-order valence-corrected chi connectivity index (χ1v) is 10.1. The minimum Gasteiger partial charge on any atom is -0.326 e. The lowest BCUT2D eigenvalue weighted by Gasteiger charge is -2.17. The van der Waals surface area contributed by atoms with Crippen LogP contribution in [0.15, 0.2) is 72.8 Å². The third-order valence-electron chi connectivity index (χ3n) is 5.45. The fourth-order valence-electron chi connectivity index (χ4n) is 3.79. The van der Waals surface area contributed by atoms with E-state index in [2.05, 4.69) is 5.32 Å². The second kappa shape index (κ2) is 8.97. The van der Waals surface area contributed by atoms with Crippen molar-refractivity contribution in [1.82, 2.24) is 0 Å². The number of para-hydroxylation sites is 1. The lowest BCUT2D eigenvalue weighted by Crippen LogP contribution is -2.28. The van der Waals surface area contributed by atoms with Crippen molar-refractivity contribution in [2.24, 2.45) is 5.92 Å². The van der Waals surface area contributed by atoms with E-state index in [1.165, 1.54) is 11.0 Å². The van der Waals surface area contributed by atoms with Gasteiger partial charge < -0.3 is 10.2 Å². The fourth-order valence-corrected chi connectivity index (χ4v) is 3.79. The molecule has 1 N–H and O–H groups in total. The second-order valence-corrected chi connectivity index (χ2v) is 7.61. The molecule has 1 aliphatic rings. The summed E-state index contributed by atoms with van der Waals surface area (Å²) in [6.07, 6.45) is 0.615. The van der Waals surface area contributed by atoms with E-state index < -0.39 is 22.3 Å². The molecular formula is C24H20FN3O4. The molecule has 3 aromatic rings. The van der Waals surface area contributed by atoms with E-state index in [9.17, 15) is 24.1 Å². The highest BCUT2D eigenvalue weighted by Gasteiger charge is 2.36. The van der Waals surface area contributed by atoms with E-state index in [-0.39, 0.29) is 30.5 Å². The second-order valence-electron chi connectivity index (χ2n) is 7.61. The van der Waals surface area contributed by atoms with E-state index >= 15 is 0 Å². The summed E-state index contributed by atoms with van der Waals surface area (Å²) in [6.45, 7) is 0.0638. The average Bonchev–Trinajstić information content (AvgIpc) is 3.18. The molecule has 162 valence electrons. The smallest absolute Gasteiger partial charge is 0.306 e. The molecule has 0 radical (unpaired) electrons. The van der Waals surface area contributed by atoms with Crippen LogP contribution in [-0.2, 0) is 16.0 Å². The van der Waals surface area contributed by atoms with Crippen molar-refractivity contribution in [2.45, 2.75) is 12.8 Å². The number of amides is 2. The van der Waals surface area contributed by atoms with E-state index in [1.54, 1.807) is 0 Å². The minimum atomic E-state index is -0.977. The summed E-state index contributed by atoms with van der Waals surface area (Å²) in [6, 6.07) is 20.6. The molecular weight excluding hydrogens is 413 g/mol. The number of nitro benzene ring substituents is 1. The first-order chi connectivity index (χ1) is 15.4. The van der Waals surface area contributed by atoms with Gasteiger partial charge in [0.05, 0.1) is 16.5 Å². The van der Waals surface area contributed by atoms with Gasteiger partial charge in [-0.1, -0.05) is 48.5 Å². The van der Waals surface area contributed by atoms with Crippen LogP contribution in [0, 0.1) is 21.8 Å². The van der Waals surface area contributed by atoms with Gasteiger partial charge in [-0.2, -0.15) is 4.39 Å². The molecule has 0 aliphatic carbocycles. The molecule has 1 unspecified atom stereocenters. The number of carbonyl (C=O) groups excluding carboxylic acids is 2. The van der Waals surface area contributed by atoms with Gasteiger partial charge >= 0.3 is 5.69 Å². The predicted octanol–water partition coefficient (Wildman–Crippen LogP) is 4.32. The van der Waals surface area contributed by atoms with E-state index in [0.717, 1.165) is 23.3 Å². The summed E-state index contributed by atoms with van der Waals surface area (Å²) in [4.78, 5) is 36.9. The largest absolute Gasteiger partial charge is 0.326 e. The Morgan fingerprint density at radius 1 is 1.09 bits per heavy atom. The van der Waals surface area contributed by atoms with Gasteiger partial charge in [-0.15, -0.1) is 0 Å². The number of nitrogens with one attached hydrogen (secondary N) is 1. The summed E-state index contributed by atoms with van der Waals surface area (Å²) in [7, 11) is 0. The quantitative estimate of drug-likeness (QED) is 0.463. The SMILES string of the molecule is O=C(Nc1ccccc1Cc1ccccc1)C1CC(=O)N(c2ccc(F)c([N+](=O)[O-])c2)C1. The molecule has 1 fully saturated rings. The minimum absolute atomic E-state index is 0.0299. The van der Waals surface area contributed by atoms with Crippen LogP contribution in [0.25, 0.3) is 0 Å². The molecule has 4 rings (SSSR count). The Kier molecular flexibility index (Phi) is 5.93. The number of benzene rings is 3. The predicted molar refractivity (Wildman–Crippen MR) is 118 cm³/mol. The van der Waals surface area contributed by atoms with Crippen LogP contribution >= 0.6 is 0 Å². The molecule has 1 aliphatic heterocycles. The topological polar surface area (TPSA) is 92.6 Å².